The first-order valence-corrected chi connectivity index (χ1v) is 7.36. The fraction of sp³-hybridized carbons (Fsp3) is 0.714. The van der Waals surface area contributed by atoms with Crippen molar-refractivity contribution in [3.8, 4) is 0 Å². The molecule has 1 aliphatic rings. The molecule has 1 fully saturated rings. The molecule has 0 bridgehead atoms. The van der Waals surface area contributed by atoms with Crippen LogP contribution in [-0.4, -0.2) is 62.3 Å². The van der Waals surface area contributed by atoms with E-state index in [2.05, 4.69) is 25.5 Å². The molecule has 22 heavy (non-hydrogen) atoms. The lowest BCUT2D eigenvalue weighted by Gasteiger charge is -2.26. The number of aryl methyl sites for hydroxylation is 2. The SMILES string of the molecule is CN=C(NCCN1CCOCC1)NCc1nc(C)c(C)o1.I. The van der Waals surface area contributed by atoms with Crippen molar-refractivity contribution in [3.63, 3.8) is 0 Å². The van der Waals surface area contributed by atoms with Gasteiger partial charge < -0.3 is 19.8 Å². The maximum absolute atomic E-state index is 5.53. The molecule has 8 heteroatoms. The fourth-order valence-electron chi connectivity index (χ4n) is 2.15. The Morgan fingerprint density at radius 2 is 2.00 bits per heavy atom. The third-order valence-corrected chi connectivity index (χ3v) is 3.53. The largest absolute Gasteiger partial charge is 0.444 e. The zero-order chi connectivity index (χ0) is 15.1. The Hall–Kier alpha value is -0.870. The van der Waals surface area contributed by atoms with E-state index < -0.39 is 0 Å². The Balaban J connectivity index is 0.00000242. The summed E-state index contributed by atoms with van der Waals surface area (Å²) >= 11 is 0. The molecule has 0 aliphatic carbocycles. The number of aromatic nitrogens is 1. The molecule has 7 nitrogen and oxygen atoms in total. The molecule has 1 aromatic heterocycles. The van der Waals surface area contributed by atoms with E-state index in [1.54, 1.807) is 7.05 Å². The van der Waals surface area contributed by atoms with Gasteiger partial charge in [-0.1, -0.05) is 0 Å². The molecule has 2 rings (SSSR count). The number of oxazole rings is 1. The average molecular weight is 423 g/mol. The molecule has 0 atom stereocenters. The molecule has 0 aromatic carbocycles. The highest BCUT2D eigenvalue weighted by molar-refractivity contribution is 14.0. The third-order valence-electron chi connectivity index (χ3n) is 3.53. The van der Waals surface area contributed by atoms with Gasteiger partial charge in [0.25, 0.3) is 0 Å². The van der Waals surface area contributed by atoms with Gasteiger partial charge in [0.05, 0.1) is 25.5 Å². The zero-order valence-electron chi connectivity index (χ0n) is 13.5. The normalized spacial score (nSPS) is 16.2. The van der Waals surface area contributed by atoms with Gasteiger partial charge in [-0.3, -0.25) is 9.89 Å². The summed E-state index contributed by atoms with van der Waals surface area (Å²) in [4.78, 5) is 10.9. The predicted molar refractivity (Wildman–Crippen MR) is 96.9 cm³/mol. The van der Waals surface area contributed by atoms with Gasteiger partial charge in [-0.25, -0.2) is 4.98 Å². The number of rotatable bonds is 5. The average Bonchev–Trinajstić information content (AvgIpc) is 2.82. The quantitative estimate of drug-likeness (QED) is 0.417. The Morgan fingerprint density at radius 3 is 2.59 bits per heavy atom. The molecule has 126 valence electrons. The highest BCUT2D eigenvalue weighted by Crippen LogP contribution is 2.07. The minimum atomic E-state index is 0. The maximum Gasteiger partial charge on any atom is 0.214 e. The van der Waals surface area contributed by atoms with Gasteiger partial charge in [0.15, 0.2) is 5.96 Å². The Labute approximate surface area is 148 Å². The van der Waals surface area contributed by atoms with Crippen LogP contribution >= 0.6 is 24.0 Å². The maximum atomic E-state index is 5.53. The van der Waals surface area contributed by atoms with Crippen LogP contribution in [0.15, 0.2) is 9.41 Å². The molecular weight excluding hydrogens is 397 g/mol. The Morgan fingerprint density at radius 1 is 1.27 bits per heavy atom. The van der Waals surface area contributed by atoms with Crippen molar-refractivity contribution in [2.45, 2.75) is 20.4 Å². The van der Waals surface area contributed by atoms with E-state index in [0.29, 0.717) is 12.4 Å². The van der Waals surface area contributed by atoms with Gasteiger partial charge in [0, 0.05) is 33.2 Å². The molecule has 1 aliphatic heterocycles. The van der Waals surface area contributed by atoms with Gasteiger partial charge in [-0.15, -0.1) is 24.0 Å². The lowest BCUT2D eigenvalue weighted by molar-refractivity contribution is 0.0389. The standard InChI is InChI=1S/C14H25N5O2.HI/c1-11-12(2)21-13(18-11)10-17-14(15-3)16-4-5-19-6-8-20-9-7-19;/h4-10H2,1-3H3,(H2,15,16,17);1H. The number of halogens is 1. The number of guanidine groups is 1. The molecule has 0 amide bonds. The minimum Gasteiger partial charge on any atom is -0.444 e. The van der Waals surface area contributed by atoms with E-state index >= 15 is 0 Å². The molecule has 0 saturated carbocycles. The van der Waals surface area contributed by atoms with Gasteiger partial charge in [-0.05, 0) is 13.8 Å². The van der Waals surface area contributed by atoms with Crippen LogP contribution in [0.4, 0.5) is 0 Å². The fourth-order valence-corrected chi connectivity index (χ4v) is 2.15. The molecule has 2 N–H and O–H groups in total. The van der Waals surface area contributed by atoms with Crippen molar-refractivity contribution in [2.75, 3.05) is 46.4 Å². The number of hydrogen-bond acceptors (Lipinski definition) is 5. The summed E-state index contributed by atoms with van der Waals surface area (Å²) in [5.41, 5.74) is 0.932. The van der Waals surface area contributed by atoms with Crippen molar-refractivity contribution in [1.29, 1.82) is 0 Å². The molecule has 0 spiro atoms. The lowest BCUT2D eigenvalue weighted by Crippen LogP contribution is -2.44. The Bertz CT molecular complexity index is 452. The summed E-state index contributed by atoms with van der Waals surface area (Å²) in [7, 11) is 1.76. The van der Waals surface area contributed by atoms with Crippen LogP contribution in [0.3, 0.4) is 0 Å². The van der Waals surface area contributed by atoms with Crippen molar-refractivity contribution in [3.05, 3.63) is 17.3 Å². The van der Waals surface area contributed by atoms with E-state index in [4.69, 9.17) is 9.15 Å². The van der Waals surface area contributed by atoms with E-state index in [-0.39, 0.29) is 24.0 Å². The highest BCUT2D eigenvalue weighted by Gasteiger charge is 2.10. The van der Waals surface area contributed by atoms with Gasteiger partial charge in [0.2, 0.25) is 5.89 Å². The lowest BCUT2D eigenvalue weighted by atomic mass is 10.4. The first-order valence-electron chi connectivity index (χ1n) is 7.36. The molecule has 1 saturated heterocycles. The number of aliphatic imine (C=N–C) groups is 1. The minimum absolute atomic E-state index is 0. The smallest absolute Gasteiger partial charge is 0.214 e. The van der Waals surface area contributed by atoms with Crippen molar-refractivity contribution < 1.29 is 9.15 Å². The van der Waals surface area contributed by atoms with Crippen molar-refractivity contribution in [1.82, 2.24) is 20.5 Å². The Kier molecular flexibility index (Phi) is 8.72. The number of nitrogens with one attached hydrogen (secondary N) is 2. The van der Waals surface area contributed by atoms with Crippen LogP contribution in [0.25, 0.3) is 0 Å². The van der Waals surface area contributed by atoms with Gasteiger partial charge in [0.1, 0.15) is 5.76 Å². The molecule has 1 aromatic rings. The van der Waals surface area contributed by atoms with E-state index in [9.17, 15) is 0 Å². The number of ether oxygens (including phenoxy) is 1. The second-order valence-corrected chi connectivity index (χ2v) is 5.06. The van der Waals surface area contributed by atoms with Crippen LogP contribution < -0.4 is 10.6 Å². The van der Waals surface area contributed by atoms with Gasteiger partial charge in [-0.2, -0.15) is 0 Å². The summed E-state index contributed by atoms with van der Waals surface area (Å²) < 4.78 is 10.9. The first kappa shape index (κ1) is 19.2. The summed E-state index contributed by atoms with van der Waals surface area (Å²) in [6.45, 7) is 9.90. The number of nitrogens with zero attached hydrogens (tertiary/aromatic N) is 3. The second kappa shape index (κ2) is 10.0. The first-order chi connectivity index (χ1) is 10.2. The highest BCUT2D eigenvalue weighted by atomic mass is 127. The van der Waals surface area contributed by atoms with E-state index in [1.807, 2.05) is 13.8 Å². The van der Waals surface area contributed by atoms with Crippen LogP contribution in [0.5, 0.6) is 0 Å². The van der Waals surface area contributed by atoms with Crippen molar-refractivity contribution in [2.24, 2.45) is 4.99 Å². The zero-order valence-corrected chi connectivity index (χ0v) is 15.8. The van der Waals surface area contributed by atoms with E-state index in [0.717, 1.165) is 56.8 Å². The second-order valence-electron chi connectivity index (χ2n) is 5.06. The number of morpholine rings is 1. The summed E-state index contributed by atoms with van der Waals surface area (Å²) in [5.74, 6) is 2.31. The van der Waals surface area contributed by atoms with Gasteiger partial charge >= 0.3 is 0 Å². The van der Waals surface area contributed by atoms with Crippen molar-refractivity contribution >= 4 is 29.9 Å². The molecule has 2 heterocycles. The van der Waals surface area contributed by atoms with Crippen LogP contribution in [0.2, 0.25) is 0 Å². The monoisotopic (exact) mass is 423 g/mol. The summed E-state index contributed by atoms with van der Waals surface area (Å²) in [6, 6.07) is 0. The summed E-state index contributed by atoms with van der Waals surface area (Å²) in [5, 5.41) is 6.50. The third kappa shape index (κ3) is 6.09. The molecule has 0 unspecified atom stereocenters. The summed E-state index contributed by atoms with van der Waals surface area (Å²) in [6.07, 6.45) is 0. The number of hydrogen-bond donors (Lipinski definition) is 2. The van der Waals surface area contributed by atoms with E-state index in [1.165, 1.54) is 0 Å². The van der Waals surface area contributed by atoms with Crippen LogP contribution in [0, 0.1) is 13.8 Å². The topological polar surface area (TPSA) is 74.9 Å². The molecular formula is C14H26IN5O2. The molecule has 0 radical (unpaired) electrons. The predicted octanol–water partition coefficient (Wildman–Crippen LogP) is 0.907. The van der Waals surface area contributed by atoms with Crippen LogP contribution in [0.1, 0.15) is 17.3 Å². The van der Waals surface area contributed by atoms with Crippen LogP contribution in [-0.2, 0) is 11.3 Å².